The number of hydrogen-bond acceptors (Lipinski definition) is 3. The zero-order valence-corrected chi connectivity index (χ0v) is 11.0. The van der Waals surface area contributed by atoms with Gasteiger partial charge in [0.1, 0.15) is 0 Å². The minimum Gasteiger partial charge on any atom is -0.396 e. The van der Waals surface area contributed by atoms with Gasteiger partial charge < -0.3 is 15.7 Å². The van der Waals surface area contributed by atoms with Crippen LogP contribution in [0, 0.1) is 5.92 Å². The van der Waals surface area contributed by atoms with Crippen LogP contribution in [0.4, 0.5) is 0 Å². The van der Waals surface area contributed by atoms with Gasteiger partial charge in [0.05, 0.1) is 6.54 Å². The van der Waals surface area contributed by atoms with E-state index in [0.29, 0.717) is 18.5 Å². The van der Waals surface area contributed by atoms with E-state index in [2.05, 4.69) is 17.6 Å². The van der Waals surface area contributed by atoms with Gasteiger partial charge in [-0.05, 0) is 32.1 Å². The van der Waals surface area contributed by atoms with Crippen LogP contribution in [0.25, 0.3) is 0 Å². The van der Waals surface area contributed by atoms with E-state index < -0.39 is 0 Å². The molecule has 1 amide bonds. The Morgan fingerprint density at radius 2 is 2.24 bits per heavy atom. The maximum Gasteiger partial charge on any atom is 0.234 e. The molecular formula is C13H26N2O2. The number of carbonyl (C=O) groups excluding carboxylic acids is 1. The van der Waals surface area contributed by atoms with Gasteiger partial charge in [0.15, 0.2) is 0 Å². The van der Waals surface area contributed by atoms with Crippen LogP contribution >= 0.6 is 0 Å². The smallest absolute Gasteiger partial charge is 0.234 e. The SMILES string of the molecule is CCCC(C)NC(=O)CNC1CCCC1CO. The van der Waals surface area contributed by atoms with Crippen molar-refractivity contribution in [3.63, 3.8) is 0 Å². The fraction of sp³-hybridized carbons (Fsp3) is 0.923. The maximum absolute atomic E-state index is 11.6. The second-order valence-corrected chi connectivity index (χ2v) is 5.12. The largest absolute Gasteiger partial charge is 0.396 e. The van der Waals surface area contributed by atoms with Crippen molar-refractivity contribution in [3.05, 3.63) is 0 Å². The van der Waals surface area contributed by atoms with Crippen molar-refractivity contribution in [2.24, 2.45) is 5.92 Å². The van der Waals surface area contributed by atoms with Gasteiger partial charge in [-0.15, -0.1) is 0 Å². The highest BCUT2D eigenvalue weighted by Crippen LogP contribution is 2.24. The van der Waals surface area contributed by atoms with E-state index >= 15 is 0 Å². The fourth-order valence-electron chi connectivity index (χ4n) is 2.58. The summed E-state index contributed by atoms with van der Waals surface area (Å²) in [5.74, 6) is 0.394. The lowest BCUT2D eigenvalue weighted by Gasteiger charge is -2.19. The van der Waals surface area contributed by atoms with Crippen LogP contribution in [-0.2, 0) is 4.79 Å². The fourth-order valence-corrected chi connectivity index (χ4v) is 2.58. The molecule has 1 aliphatic carbocycles. The van der Waals surface area contributed by atoms with Gasteiger partial charge in [0.2, 0.25) is 5.91 Å². The number of aliphatic hydroxyl groups is 1. The summed E-state index contributed by atoms with van der Waals surface area (Å²) in [4.78, 5) is 11.6. The van der Waals surface area contributed by atoms with E-state index in [-0.39, 0.29) is 18.6 Å². The minimum atomic E-state index is 0.0644. The molecule has 100 valence electrons. The van der Waals surface area contributed by atoms with Crippen molar-refractivity contribution in [1.82, 2.24) is 10.6 Å². The monoisotopic (exact) mass is 242 g/mol. The van der Waals surface area contributed by atoms with E-state index in [0.717, 1.165) is 32.1 Å². The molecule has 4 nitrogen and oxygen atoms in total. The highest BCUT2D eigenvalue weighted by Gasteiger charge is 2.26. The first-order chi connectivity index (χ1) is 8.17. The van der Waals surface area contributed by atoms with E-state index in [1.54, 1.807) is 0 Å². The molecular weight excluding hydrogens is 216 g/mol. The predicted molar refractivity (Wildman–Crippen MR) is 68.7 cm³/mol. The molecule has 0 radical (unpaired) electrons. The molecule has 0 spiro atoms. The molecule has 17 heavy (non-hydrogen) atoms. The number of rotatable bonds is 7. The normalized spacial score (nSPS) is 25.8. The third kappa shape index (κ3) is 5.04. The molecule has 0 aromatic rings. The Kier molecular flexibility index (Phi) is 6.52. The van der Waals surface area contributed by atoms with E-state index in [4.69, 9.17) is 0 Å². The van der Waals surface area contributed by atoms with E-state index in [9.17, 15) is 9.90 Å². The molecule has 1 aliphatic rings. The lowest BCUT2D eigenvalue weighted by Crippen LogP contribution is -2.43. The Labute approximate surface area is 104 Å². The quantitative estimate of drug-likeness (QED) is 0.625. The Morgan fingerprint density at radius 3 is 2.88 bits per heavy atom. The van der Waals surface area contributed by atoms with Crippen LogP contribution in [0.15, 0.2) is 0 Å². The lowest BCUT2D eigenvalue weighted by atomic mass is 10.1. The molecule has 0 bridgehead atoms. The maximum atomic E-state index is 11.6. The van der Waals surface area contributed by atoms with Crippen LogP contribution in [0.2, 0.25) is 0 Å². The summed E-state index contributed by atoms with van der Waals surface area (Å²) in [5.41, 5.74) is 0. The number of carbonyl (C=O) groups is 1. The molecule has 0 heterocycles. The topological polar surface area (TPSA) is 61.4 Å². The Hall–Kier alpha value is -0.610. The second-order valence-electron chi connectivity index (χ2n) is 5.12. The van der Waals surface area contributed by atoms with Crippen LogP contribution in [0.3, 0.4) is 0 Å². The third-order valence-electron chi connectivity index (χ3n) is 3.55. The summed E-state index contributed by atoms with van der Waals surface area (Å²) in [5, 5.41) is 15.4. The molecule has 3 atom stereocenters. The second kappa shape index (κ2) is 7.67. The van der Waals surface area contributed by atoms with Gasteiger partial charge in [-0.1, -0.05) is 19.8 Å². The zero-order chi connectivity index (χ0) is 12.7. The summed E-state index contributed by atoms with van der Waals surface area (Å²) in [6, 6.07) is 0.568. The molecule has 0 aromatic carbocycles. The van der Waals surface area contributed by atoms with Crippen molar-refractivity contribution in [2.45, 2.75) is 58.0 Å². The van der Waals surface area contributed by atoms with Gasteiger partial charge in [-0.2, -0.15) is 0 Å². The predicted octanol–water partition coefficient (Wildman–Crippen LogP) is 1.04. The van der Waals surface area contributed by atoms with Gasteiger partial charge >= 0.3 is 0 Å². The van der Waals surface area contributed by atoms with E-state index in [1.807, 2.05) is 6.92 Å². The molecule has 0 aromatic heterocycles. The van der Waals surface area contributed by atoms with Crippen molar-refractivity contribution in [1.29, 1.82) is 0 Å². The summed E-state index contributed by atoms with van der Waals surface area (Å²) in [7, 11) is 0. The average Bonchev–Trinajstić information content (AvgIpc) is 2.73. The lowest BCUT2D eigenvalue weighted by molar-refractivity contribution is -0.121. The Morgan fingerprint density at radius 1 is 1.47 bits per heavy atom. The first kappa shape index (κ1) is 14.5. The zero-order valence-electron chi connectivity index (χ0n) is 11.0. The molecule has 3 unspecified atom stereocenters. The standard InChI is InChI=1S/C13H26N2O2/c1-3-5-10(2)15-13(17)8-14-12-7-4-6-11(12)9-16/h10-12,14,16H,3-9H2,1-2H3,(H,15,17). The van der Waals surface area contributed by atoms with Crippen molar-refractivity contribution < 1.29 is 9.90 Å². The highest BCUT2D eigenvalue weighted by atomic mass is 16.3. The van der Waals surface area contributed by atoms with Crippen LogP contribution in [0.1, 0.15) is 46.0 Å². The number of hydrogen-bond donors (Lipinski definition) is 3. The van der Waals surface area contributed by atoms with Crippen molar-refractivity contribution in [3.8, 4) is 0 Å². The van der Waals surface area contributed by atoms with Gasteiger partial charge in [-0.3, -0.25) is 4.79 Å². The number of aliphatic hydroxyl groups excluding tert-OH is 1. The van der Waals surface area contributed by atoms with Gasteiger partial charge in [0.25, 0.3) is 0 Å². The molecule has 1 fully saturated rings. The summed E-state index contributed by atoms with van der Waals surface area (Å²) in [6.45, 7) is 4.75. The molecule has 3 N–H and O–H groups in total. The molecule has 0 saturated heterocycles. The van der Waals surface area contributed by atoms with E-state index in [1.165, 1.54) is 0 Å². The molecule has 1 rings (SSSR count). The van der Waals surface area contributed by atoms with Crippen molar-refractivity contribution in [2.75, 3.05) is 13.2 Å². The summed E-state index contributed by atoms with van der Waals surface area (Å²) >= 11 is 0. The Bertz CT molecular complexity index is 233. The highest BCUT2D eigenvalue weighted by molar-refractivity contribution is 5.78. The summed E-state index contributed by atoms with van der Waals surface area (Å²) < 4.78 is 0. The first-order valence-corrected chi connectivity index (χ1v) is 6.81. The molecule has 1 saturated carbocycles. The number of amides is 1. The third-order valence-corrected chi connectivity index (χ3v) is 3.55. The minimum absolute atomic E-state index is 0.0644. The molecule has 4 heteroatoms. The number of nitrogens with one attached hydrogen (secondary N) is 2. The summed E-state index contributed by atoms with van der Waals surface area (Å²) in [6.07, 6.45) is 5.40. The van der Waals surface area contributed by atoms with Crippen LogP contribution < -0.4 is 10.6 Å². The van der Waals surface area contributed by atoms with Gasteiger partial charge in [-0.25, -0.2) is 0 Å². The average molecular weight is 242 g/mol. The van der Waals surface area contributed by atoms with Crippen LogP contribution in [0.5, 0.6) is 0 Å². The first-order valence-electron chi connectivity index (χ1n) is 6.81. The molecule has 0 aliphatic heterocycles. The van der Waals surface area contributed by atoms with Crippen LogP contribution in [-0.4, -0.2) is 36.2 Å². The Balaban J connectivity index is 2.19. The van der Waals surface area contributed by atoms with Gasteiger partial charge in [0, 0.05) is 18.7 Å². The van der Waals surface area contributed by atoms with Crippen molar-refractivity contribution >= 4 is 5.91 Å².